The monoisotopic (exact) mass is 306 g/mol. The Morgan fingerprint density at radius 2 is 2.00 bits per heavy atom. The second-order valence-electron chi connectivity index (χ2n) is 5.43. The highest BCUT2D eigenvalue weighted by Crippen LogP contribution is 2.21. The van der Waals surface area contributed by atoms with Crippen LogP contribution in [0.25, 0.3) is 5.82 Å². The van der Waals surface area contributed by atoms with Crippen LogP contribution in [0.3, 0.4) is 0 Å². The summed E-state index contributed by atoms with van der Waals surface area (Å²) in [4.78, 5) is 4.51. The van der Waals surface area contributed by atoms with Gasteiger partial charge >= 0.3 is 0 Å². The highest BCUT2D eigenvalue weighted by atomic mass is 35.5. The van der Waals surface area contributed by atoms with Gasteiger partial charge in [-0.2, -0.15) is 5.10 Å². The first-order chi connectivity index (χ1) is 10.0. The van der Waals surface area contributed by atoms with Crippen LogP contribution in [0.4, 0.5) is 0 Å². The summed E-state index contributed by atoms with van der Waals surface area (Å²) < 4.78 is 1.86. The molecule has 2 aromatic heterocycles. The van der Waals surface area contributed by atoms with Gasteiger partial charge in [-0.05, 0) is 30.5 Å². The van der Waals surface area contributed by atoms with Gasteiger partial charge in [0.05, 0.1) is 10.7 Å². The molecule has 21 heavy (non-hydrogen) atoms. The van der Waals surface area contributed by atoms with E-state index in [0.29, 0.717) is 16.9 Å². The third-order valence-corrected chi connectivity index (χ3v) is 3.63. The molecule has 0 aliphatic rings. The number of aryl methyl sites for hydroxylation is 2. The number of rotatable bonds is 6. The Bertz CT molecular complexity index is 604. The van der Waals surface area contributed by atoms with Gasteiger partial charge in [0.1, 0.15) is 0 Å². The van der Waals surface area contributed by atoms with E-state index in [1.54, 1.807) is 0 Å². The molecule has 0 radical (unpaired) electrons. The molecule has 1 N–H and O–H groups in total. The zero-order valence-electron chi connectivity index (χ0n) is 13.2. The molecule has 0 aliphatic carbocycles. The van der Waals surface area contributed by atoms with Gasteiger partial charge in [0, 0.05) is 24.5 Å². The Labute approximate surface area is 131 Å². The quantitative estimate of drug-likeness (QED) is 0.887. The Balaban J connectivity index is 2.30. The minimum atomic E-state index is 0.438. The first-order valence-electron chi connectivity index (χ1n) is 7.51. The third kappa shape index (κ3) is 3.83. The van der Waals surface area contributed by atoms with E-state index in [4.69, 9.17) is 11.6 Å². The van der Waals surface area contributed by atoms with Crippen molar-refractivity contribution in [1.82, 2.24) is 20.1 Å². The molecule has 0 amide bonds. The molecule has 2 heterocycles. The Kier molecular flexibility index (Phi) is 5.37. The first-order valence-corrected chi connectivity index (χ1v) is 7.88. The second kappa shape index (κ2) is 7.05. The van der Waals surface area contributed by atoms with Crippen LogP contribution in [-0.4, -0.2) is 20.8 Å². The summed E-state index contributed by atoms with van der Waals surface area (Å²) >= 11 is 6.41. The number of hydrogen-bond donors (Lipinski definition) is 1. The molecular formula is C16H23ClN4. The fourth-order valence-corrected chi connectivity index (χ4v) is 2.40. The number of nitrogens with zero attached hydrogens (tertiary/aromatic N) is 3. The van der Waals surface area contributed by atoms with Crippen LogP contribution in [0.15, 0.2) is 18.3 Å². The molecule has 114 valence electrons. The van der Waals surface area contributed by atoms with Crippen molar-refractivity contribution in [1.29, 1.82) is 0 Å². The number of aromatic nitrogens is 3. The maximum absolute atomic E-state index is 6.41. The average Bonchev–Trinajstić information content (AvgIpc) is 2.88. The van der Waals surface area contributed by atoms with E-state index >= 15 is 0 Å². The summed E-state index contributed by atoms with van der Waals surface area (Å²) in [6.45, 7) is 9.22. The molecule has 0 aliphatic heterocycles. The lowest BCUT2D eigenvalue weighted by atomic mass is 10.2. The number of nitrogens with one attached hydrogen (secondary N) is 1. The highest BCUT2D eigenvalue weighted by molar-refractivity contribution is 6.32. The van der Waals surface area contributed by atoms with Crippen LogP contribution in [0, 0.1) is 0 Å². The van der Waals surface area contributed by atoms with Gasteiger partial charge in [-0.15, -0.1) is 0 Å². The zero-order valence-corrected chi connectivity index (χ0v) is 13.9. The number of halogens is 1. The molecule has 0 bridgehead atoms. The predicted molar refractivity (Wildman–Crippen MR) is 87.1 cm³/mol. The Morgan fingerprint density at radius 3 is 2.57 bits per heavy atom. The molecule has 5 heteroatoms. The molecule has 2 rings (SSSR count). The lowest BCUT2D eigenvalue weighted by Gasteiger charge is -2.11. The highest BCUT2D eigenvalue weighted by Gasteiger charge is 2.12. The maximum Gasteiger partial charge on any atom is 0.172 e. The van der Waals surface area contributed by atoms with Crippen molar-refractivity contribution >= 4 is 11.6 Å². The smallest absolute Gasteiger partial charge is 0.172 e. The molecule has 0 spiro atoms. The minimum absolute atomic E-state index is 0.438. The van der Waals surface area contributed by atoms with Crippen molar-refractivity contribution in [2.45, 2.75) is 53.1 Å². The summed E-state index contributed by atoms with van der Waals surface area (Å²) in [7, 11) is 0. The van der Waals surface area contributed by atoms with E-state index in [1.807, 2.05) is 16.9 Å². The van der Waals surface area contributed by atoms with Gasteiger partial charge in [0.25, 0.3) is 0 Å². The molecule has 0 aromatic carbocycles. The number of hydrogen-bond acceptors (Lipinski definition) is 3. The van der Waals surface area contributed by atoms with Gasteiger partial charge in [-0.3, -0.25) is 0 Å². The summed E-state index contributed by atoms with van der Waals surface area (Å²) in [5, 5.41) is 8.59. The normalized spacial score (nSPS) is 11.3. The SMILES string of the molecule is CCc1cc(CC)n(-c2ncc(CNC(C)C)cc2Cl)n1. The van der Waals surface area contributed by atoms with Crippen molar-refractivity contribution in [2.75, 3.05) is 0 Å². The molecule has 0 unspecified atom stereocenters. The number of pyridine rings is 1. The summed E-state index contributed by atoms with van der Waals surface area (Å²) in [6, 6.07) is 4.52. The van der Waals surface area contributed by atoms with Gasteiger partial charge in [0.2, 0.25) is 0 Å². The summed E-state index contributed by atoms with van der Waals surface area (Å²) in [6.07, 6.45) is 3.68. The predicted octanol–water partition coefficient (Wildman–Crippen LogP) is 3.54. The van der Waals surface area contributed by atoms with Crippen LogP contribution in [0.1, 0.15) is 44.6 Å². The van der Waals surface area contributed by atoms with E-state index in [1.165, 1.54) is 0 Å². The molecule has 0 saturated heterocycles. The fraction of sp³-hybridized carbons (Fsp3) is 0.500. The summed E-state index contributed by atoms with van der Waals surface area (Å²) in [5.74, 6) is 0.710. The molecule has 2 aromatic rings. The van der Waals surface area contributed by atoms with E-state index in [2.05, 4.69) is 49.2 Å². The van der Waals surface area contributed by atoms with Crippen molar-refractivity contribution in [2.24, 2.45) is 0 Å². The Morgan fingerprint density at radius 1 is 1.24 bits per heavy atom. The zero-order chi connectivity index (χ0) is 15.4. The van der Waals surface area contributed by atoms with Crippen molar-refractivity contribution < 1.29 is 0 Å². The minimum Gasteiger partial charge on any atom is -0.310 e. The van der Waals surface area contributed by atoms with Crippen molar-refractivity contribution in [3.05, 3.63) is 40.3 Å². The summed E-state index contributed by atoms with van der Waals surface area (Å²) in [5.41, 5.74) is 3.28. The lowest BCUT2D eigenvalue weighted by molar-refractivity contribution is 0.587. The molecule has 4 nitrogen and oxygen atoms in total. The van der Waals surface area contributed by atoms with Crippen molar-refractivity contribution in [3.63, 3.8) is 0 Å². The van der Waals surface area contributed by atoms with Crippen LogP contribution in [0.5, 0.6) is 0 Å². The third-order valence-electron chi connectivity index (χ3n) is 3.35. The van der Waals surface area contributed by atoms with E-state index in [9.17, 15) is 0 Å². The van der Waals surface area contributed by atoms with Gasteiger partial charge in [-0.25, -0.2) is 9.67 Å². The fourth-order valence-electron chi connectivity index (χ4n) is 2.13. The second-order valence-corrected chi connectivity index (χ2v) is 5.84. The van der Waals surface area contributed by atoms with E-state index < -0.39 is 0 Å². The van der Waals surface area contributed by atoms with Gasteiger partial charge in [0.15, 0.2) is 5.82 Å². The lowest BCUT2D eigenvalue weighted by Crippen LogP contribution is -2.22. The Hall–Kier alpha value is -1.39. The molecule has 0 saturated carbocycles. The van der Waals surface area contributed by atoms with Gasteiger partial charge in [-0.1, -0.05) is 39.3 Å². The van der Waals surface area contributed by atoms with Crippen molar-refractivity contribution in [3.8, 4) is 5.82 Å². The van der Waals surface area contributed by atoms with Crippen LogP contribution in [0.2, 0.25) is 5.02 Å². The molecule has 0 fully saturated rings. The topological polar surface area (TPSA) is 42.7 Å². The molecule has 0 atom stereocenters. The first kappa shape index (κ1) is 16.0. The van der Waals surface area contributed by atoms with Crippen LogP contribution >= 0.6 is 11.6 Å². The van der Waals surface area contributed by atoms with E-state index in [0.717, 1.165) is 36.3 Å². The average molecular weight is 307 g/mol. The largest absolute Gasteiger partial charge is 0.310 e. The van der Waals surface area contributed by atoms with Crippen LogP contribution < -0.4 is 5.32 Å². The maximum atomic E-state index is 6.41. The van der Waals surface area contributed by atoms with E-state index in [-0.39, 0.29) is 0 Å². The standard InChI is InChI=1S/C16H23ClN4/c1-5-13-8-14(6-2)21(20-13)16-15(17)7-12(10-19-16)9-18-11(3)4/h7-8,10-11,18H,5-6,9H2,1-4H3. The molecular weight excluding hydrogens is 284 g/mol. The van der Waals surface area contributed by atoms with Gasteiger partial charge < -0.3 is 5.32 Å². The van der Waals surface area contributed by atoms with Crippen LogP contribution in [-0.2, 0) is 19.4 Å².